The molecule has 1 amide bonds. The van der Waals surface area contributed by atoms with Crippen molar-refractivity contribution in [1.29, 1.82) is 0 Å². The standard InChI is InChI=1S/C34H44N4O4S/c1-5-29(39)18-27(20-33-37-30-10-8-26(23(2)3)19-32(30)43-33)34(41)36-28(17-25-7-6-12-35-21-25)9-11-31(40)24(4)22-38-13-15-42-16-14-38/h6-8,10,12,19,21,23,27-28H,4-5,9,11,13-18,20,22H2,1-3H3,(H,36,41)/t27-,28+/m0/s1. The Hall–Kier alpha value is -3.27. The van der Waals surface area contributed by atoms with Gasteiger partial charge in [-0.15, -0.1) is 11.3 Å². The van der Waals surface area contributed by atoms with Gasteiger partial charge >= 0.3 is 0 Å². The van der Waals surface area contributed by atoms with E-state index in [4.69, 9.17) is 9.72 Å². The molecule has 2 aromatic heterocycles. The average Bonchev–Trinajstić information content (AvgIpc) is 3.41. The van der Waals surface area contributed by atoms with Gasteiger partial charge in [0.25, 0.3) is 0 Å². The number of carbonyl (C=O) groups is 3. The van der Waals surface area contributed by atoms with Crippen molar-refractivity contribution in [2.75, 3.05) is 32.8 Å². The number of benzene rings is 1. The van der Waals surface area contributed by atoms with Gasteiger partial charge in [-0.1, -0.05) is 39.5 Å². The van der Waals surface area contributed by atoms with E-state index in [1.165, 1.54) is 5.56 Å². The molecule has 1 saturated heterocycles. The van der Waals surface area contributed by atoms with E-state index in [2.05, 4.69) is 47.8 Å². The Balaban J connectivity index is 1.46. The highest BCUT2D eigenvalue weighted by Crippen LogP contribution is 2.28. The third-order valence-corrected chi connectivity index (χ3v) is 9.01. The Bertz CT molecular complexity index is 1400. The number of aromatic nitrogens is 2. The maximum absolute atomic E-state index is 13.8. The number of morpholine rings is 1. The summed E-state index contributed by atoms with van der Waals surface area (Å²) in [6, 6.07) is 9.84. The van der Waals surface area contributed by atoms with Crippen molar-refractivity contribution < 1.29 is 19.1 Å². The number of nitrogens with one attached hydrogen (secondary N) is 1. The number of nitrogens with zero attached hydrogens (tertiary/aromatic N) is 3. The number of thiazole rings is 1. The van der Waals surface area contributed by atoms with Crippen LogP contribution in [0.25, 0.3) is 10.2 Å². The van der Waals surface area contributed by atoms with Crippen LogP contribution >= 0.6 is 11.3 Å². The van der Waals surface area contributed by atoms with E-state index in [-0.39, 0.29) is 36.4 Å². The van der Waals surface area contributed by atoms with Crippen molar-refractivity contribution in [3.05, 3.63) is 71.0 Å². The van der Waals surface area contributed by atoms with Gasteiger partial charge in [0.05, 0.1) is 34.4 Å². The lowest BCUT2D eigenvalue weighted by molar-refractivity contribution is -0.130. The first-order valence-electron chi connectivity index (χ1n) is 15.3. The lowest BCUT2D eigenvalue weighted by Gasteiger charge is -2.27. The van der Waals surface area contributed by atoms with E-state index in [1.54, 1.807) is 23.7 Å². The van der Waals surface area contributed by atoms with Crippen molar-refractivity contribution in [2.24, 2.45) is 5.92 Å². The smallest absolute Gasteiger partial charge is 0.224 e. The molecule has 0 unspecified atom stereocenters. The molecule has 0 aliphatic carbocycles. The minimum absolute atomic E-state index is 0.00452. The van der Waals surface area contributed by atoms with Gasteiger partial charge in [0.15, 0.2) is 5.78 Å². The van der Waals surface area contributed by atoms with Crippen molar-refractivity contribution in [2.45, 2.75) is 71.3 Å². The second-order valence-corrected chi connectivity index (χ2v) is 12.8. The van der Waals surface area contributed by atoms with Crippen LogP contribution in [-0.2, 0) is 32.0 Å². The van der Waals surface area contributed by atoms with E-state index in [0.717, 1.165) is 33.9 Å². The van der Waals surface area contributed by atoms with Crippen LogP contribution in [0.5, 0.6) is 0 Å². The number of hydrogen-bond donors (Lipinski definition) is 1. The van der Waals surface area contributed by atoms with E-state index in [9.17, 15) is 14.4 Å². The summed E-state index contributed by atoms with van der Waals surface area (Å²) >= 11 is 1.59. The van der Waals surface area contributed by atoms with Crippen molar-refractivity contribution >= 4 is 39.0 Å². The first kappa shape index (κ1) is 32.6. The zero-order chi connectivity index (χ0) is 30.8. The molecule has 0 saturated carbocycles. The molecule has 1 N–H and O–H groups in total. The fraction of sp³-hybridized carbons (Fsp3) is 0.500. The summed E-state index contributed by atoms with van der Waals surface area (Å²) in [4.78, 5) is 50.6. The molecule has 0 spiro atoms. The van der Waals surface area contributed by atoms with Crippen LogP contribution in [0.1, 0.15) is 68.5 Å². The third-order valence-electron chi connectivity index (χ3n) is 7.97. The molecule has 3 heterocycles. The van der Waals surface area contributed by atoms with Gasteiger partial charge in [0.1, 0.15) is 5.78 Å². The Kier molecular flexibility index (Phi) is 12.1. The molecule has 43 heavy (non-hydrogen) atoms. The van der Waals surface area contributed by atoms with Gasteiger partial charge in [-0.25, -0.2) is 4.98 Å². The third kappa shape index (κ3) is 9.88. The van der Waals surface area contributed by atoms with Gasteiger partial charge in [-0.3, -0.25) is 24.3 Å². The zero-order valence-corrected chi connectivity index (χ0v) is 26.5. The summed E-state index contributed by atoms with van der Waals surface area (Å²) in [7, 11) is 0. The highest BCUT2D eigenvalue weighted by Gasteiger charge is 2.26. The molecule has 230 valence electrons. The highest BCUT2D eigenvalue weighted by molar-refractivity contribution is 7.18. The SMILES string of the molecule is C=C(CN1CCOCC1)C(=O)CC[C@H](Cc1cccnc1)NC(=O)[C@@H](CC(=O)CC)Cc1nc2ccc(C(C)C)cc2s1. The van der Waals surface area contributed by atoms with Crippen LogP contribution in [0.15, 0.2) is 54.9 Å². The summed E-state index contributed by atoms with van der Waals surface area (Å²) in [5, 5.41) is 4.04. The largest absolute Gasteiger partial charge is 0.379 e. The van der Waals surface area contributed by atoms with Crippen LogP contribution in [0.3, 0.4) is 0 Å². The number of hydrogen-bond acceptors (Lipinski definition) is 8. The number of pyridine rings is 1. The molecule has 0 bridgehead atoms. The van der Waals surface area contributed by atoms with Crippen LogP contribution in [0.4, 0.5) is 0 Å². The first-order chi connectivity index (χ1) is 20.7. The maximum atomic E-state index is 13.8. The number of rotatable bonds is 16. The quantitative estimate of drug-likeness (QED) is 0.221. The summed E-state index contributed by atoms with van der Waals surface area (Å²) in [6.07, 6.45) is 5.70. The van der Waals surface area contributed by atoms with Crippen LogP contribution in [0, 0.1) is 5.92 Å². The normalized spacial score (nSPS) is 15.3. The first-order valence-corrected chi connectivity index (χ1v) is 16.1. The zero-order valence-electron chi connectivity index (χ0n) is 25.6. The minimum atomic E-state index is -0.541. The molecule has 1 aliphatic rings. The maximum Gasteiger partial charge on any atom is 0.224 e. The molecule has 4 rings (SSSR count). The Morgan fingerprint density at radius 2 is 1.93 bits per heavy atom. The molecule has 3 aromatic rings. The van der Waals surface area contributed by atoms with E-state index >= 15 is 0 Å². The van der Waals surface area contributed by atoms with Crippen molar-refractivity contribution in [3.63, 3.8) is 0 Å². The average molecular weight is 605 g/mol. The van der Waals surface area contributed by atoms with Crippen LogP contribution in [0.2, 0.25) is 0 Å². The molecule has 9 heteroatoms. The summed E-state index contributed by atoms with van der Waals surface area (Å²) in [6.45, 7) is 13.6. The number of fused-ring (bicyclic) bond motifs is 1. The topological polar surface area (TPSA) is 101 Å². The minimum Gasteiger partial charge on any atom is -0.379 e. The van der Waals surface area contributed by atoms with E-state index in [0.29, 0.717) is 56.9 Å². The number of ether oxygens (including phenoxy) is 1. The van der Waals surface area contributed by atoms with Gasteiger partial charge in [-0.2, -0.15) is 0 Å². The molecular weight excluding hydrogens is 560 g/mol. The molecule has 1 fully saturated rings. The second-order valence-electron chi connectivity index (χ2n) is 11.7. The lowest BCUT2D eigenvalue weighted by Crippen LogP contribution is -2.42. The highest BCUT2D eigenvalue weighted by atomic mass is 32.1. The fourth-order valence-electron chi connectivity index (χ4n) is 5.27. The summed E-state index contributed by atoms with van der Waals surface area (Å²) < 4.78 is 6.49. The fourth-order valence-corrected chi connectivity index (χ4v) is 6.37. The predicted molar refractivity (Wildman–Crippen MR) is 171 cm³/mol. The van der Waals surface area contributed by atoms with E-state index in [1.807, 2.05) is 25.1 Å². The van der Waals surface area contributed by atoms with Crippen LogP contribution < -0.4 is 5.32 Å². The van der Waals surface area contributed by atoms with E-state index < -0.39 is 5.92 Å². The van der Waals surface area contributed by atoms with Gasteiger partial charge in [-0.05, 0) is 48.1 Å². The summed E-state index contributed by atoms with van der Waals surface area (Å²) in [5.74, 6) is -0.263. The van der Waals surface area contributed by atoms with Gasteiger partial charge in [0.2, 0.25) is 5.91 Å². The number of ketones is 2. The summed E-state index contributed by atoms with van der Waals surface area (Å²) in [5.41, 5.74) is 3.71. The lowest BCUT2D eigenvalue weighted by atomic mass is 9.94. The Morgan fingerprint density at radius 3 is 2.63 bits per heavy atom. The van der Waals surface area contributed by atoms with Crippen molar-refractivity contribution in [3.8, 4) is 0 Å². The number of carbonyl (C=O) groups excluding carboxylic acids is 3. The predicted octanol–water partition coefficient (Wildman–Crippen LogP) is 5.31. The molecule has 2 atom stereocenters. The van der Waals surface area contributed by atoms with Gasteiger partial charge < -0.3 is 10.1 Å². The molecule has 8 nitrogen and oxygen atoms in total. The monoisotopic (exact) mass is 604 g/mol. The number of amides is 1. The molecule has 1 aliphatic heterocycles. The van der Waals surface area contributed by atoms with Gasteiger partial charge in [0, 0.05) is 69.3 Å². The molecule has 0 radical (unpaired) electrons. The second kappa shape index (κ2) is 16.0. The Morgan fingerprint density at radius 1 is 1.14 bits per heavy atom. The molecule has 1 aromatic carbocycles. The van der Waals surface area contributed by atoms with Crippen molar-refractivity contribution in [1.82, 2.24) is 20.2 Å². The Labute approximate surface area is 258 Å². The molecular formula is C34H44N4O4S. The number of Topliss-reactive ketones (excluding diaryl/α,β-unsaturated/α-hetero) is 2. The van der Waals surface area contributed by atoms with Crippen LogP contribution in [-0.4, -0.2) is 71.2 Å².